The summed E-state index contributed by atoms with van der Waals surface area (Å²) in [4.78, 5) is -0.324. The summed E-state index contributed by atoms with van der Waals surface area (Å²) in [5.74, 6) is -0.0783. The summed E-state index contributed by atoms with van der Waals surface area (Å²) in [7, 11) is -2.80. The lowest BCUT2D eigenvalue weighted by molar-refractivity contribution is 0.482. The Labute approximate surface area is 187 Å². The first kappa shape index (κ1) is 23.2. The first-order valence-electron chi connectivity index (χ1n) is 10.1. The Morgan fingerprint density at radius 3 is 2.12 bits per heavy atom. The molecule has 0 bridgehead atoms. The number of rotatable bonds is 4. The van der Waals surface area contributed by atoms with Crippen LogP contribution in [0.4, 0.5) is 17.1 Å². The van der Waals surface area contributed by atoms with Crippen LogP contribution in [0.1, 0.15) is 20.3 Å². The van der Waals surface area contributed by atoms with Crippen LogP contribution in [0, 0.1) is 0 Å². The Kier molecular flexibility index (Phi) is 7.07. The van der Waals surface area contributed by atoms with Crippen molar-refractivity contribution >= 4 is 48.7 Å². The summed E-state index contributed by atoms with van der Waals surface area (Å²) < 4.78 is 33.7. The Bertz CT molecular complexity index is 1400. The SMILES string of the molecule is CCC.CNc1cccc2ccc(N=Nc3ccc4ccccc4c3S(=O)(=O)O)c(O)c12. The van der Waals surface area contributed by atoms with Gasteiger partial charge in [-0.1, -0.05) is 68.8 Å². The van der Waals surface area contributed by atoms with Crippen LogP contribution in [0.15, 0.2) is 81.9 Å². The normalized spacial score (nSPS) is 11.5. The number of nitrogens with one attached hydrogen (secondary N) is 1. The van der Waals surface area contributed by atoms with Gasteiger partial charge in [0.25, 0.3) is 10.1 Å². The molecule has 0 saturated carbocycles. The van der Waals surface area contributed by atoms with E-state index in [1.54, 1.807) is 49.5 Å². The molecule has 7 nitrogen and oxygen atoms in total. The van der Waals surface area contributed by atoms with E-state index < -0.39 is 10.1 Å². The summed E-state index contributed by atoms with van der Waals surface area (Å²) in [5, 5.41) is 24.2. The van der Waals surface area contributed by atoms with Gasteiger partial charge in [0, 0.05) is 23.5 Å². The third-order valence-corrected chi connectivity index (χ3v) is 5.59. The molecule has 0 aliphatic rings. The van der Waals surface area contributed by atoms with Gasteiger partial charge in [-0.3, -0.25) is 4.55 Å². The van der Waals surface area contributed by atoms with Gasteiger partial charge in [-0.2, -0.15) is 8.42 Å². The van der Waals surface area contributed by atoms with Crippen LogP contribution in [-0.2, 0) is 10.1 Å². The number of phenolic OH excluding ortho intramolecular Hbond substituents is 1. The van der Waals surface area contributed by atoms with Crippen LogP contribution >= 0.6 is 0 Å². The Balaban J connectivity index is 0.000000913. The molecule has 8 heteroatoms. The van der Waals surface area contributed by atoms with Crippen LogP contribution < -0.4 is 5.32 Å². The van der Waals surface area contributed by atoms with Gasteiger partial charge in [0.1, 0.15) is 16.3 Å². The number of fused-ring (bicyclic) bond motifs is 2. The molecular weight excluding hydrogens is 426 g/mol. The highest BCUT2D eigenvalue weighted by molar-refractivity contribution is 7.86. The average molecular weight is 452 g/mol. The fraction of sp³-hybridized carbons (Fsp3) is 0.167. The fourth-order valence-corrected chi connectivity index (χ4v) is 4.16. The van der Waals surface area contributed by atoms with Gasteiger partial charge in [0.15, 0.2) is 5.75 Å². The zero-order valence-corrected chi connectivity index (χ0v) is 18.9. The number of phenols is 1. The van der Waals surface area contributed by atoms with E-state index >= 15 is 0 Å². The second kappa shape index (κ2) is 9.76. The van der Waals surface area contributed by atoms with Crippen molar-refractivity contribution < 1.29 is 18.1 Å². The maximum Gasteiger partial charge on any atom is 0.297 e. The highest BCUT2D eigenvalue weighted by atomic mass is 32.2. The minimum Gasteiger partial charge on any atom is -0.505 e. The molecule has 0 atom stereocenters. The summed E-state index contributed by atoms with van der Waals surface area (Å²) in [6.07, 6.45) is 1.25. The summed E-state index contributed by atoms with van der Waals surface area (Å²) in [6, 6.07) is 18.8. The van der Waals surface area contributed by atoms with Crippen molar-refractivity contribution in [3.8, 4) is 5.75 Å². The van der Waals surface area contributed by atoms with Crippen molar-refractivity contribution in [1.29, 1.82) is 0 Å². The van der Waals surface area contributed by atoms with E-state index in [1.807, 2.05) is 18.2 Å². The fourth-order valence-electron chi connectivity index (χ4n) is 3.33. The van der Waals surface area contributed by atoms with Crippen LogP contribution in [0.25, 0.3) is 21.5 Å². The Morgan fingerprint density at radius 2 is 1.44 bits per heavy atom. The third kappa shape index (κ3) is 4.71. The van der Waals surface area contributed by atoms with Gasteiger partial charge in [-0.25, -0.2) is 0 Å². The highest BCUT2D eigenvalue weighted by Crippen LogP contribution is 2.40. The van der Waals surface area contributed by atoms with E-state index in [2.05, 4.69) is 29.4 Å². The third-order valence-electron chi connectivity index (χ3n) is 4.65. The van der Waals surface area contributed by atoms with Gasteiger partial charge in [-0.05, 0) is 29.0 Å². The van der Waals surface area contributed by atoms with E-state index in [0.29, 0.717) is 16.2 Å². The van der Waals surface area contributed by atoms with Crippen LogP contribution in [0.2, 0.25) is 0 Å². The summed E-state index contributed by atoms with van der Waals surface area (Å²) in [5.41, 5.74) is 0.878. The number of anilines is 1. The Hall–Kier alpha value is -3.49. The lowest BCUT2D eigenvalue weighted by Gasteiger charge is -2.09. The lowest BCUT2D eigenvalue weighted by atomic mass is 10.1. The van der Waals surface area contributed by atoms with Crippen molar-refractivity contribution in [1.82, 2.24) is 0 Å². The minimum absolute atomic E-state index is 0.0207. The highest BCUT2D eigenvalue weighted by Gasteiger charge is 2.19. The molecule has 0 spiro atoms. The molecule has 32 heavy (non-hydrogen) atoms. The topological polar surface area (TPSA) is 111 Å². The summed E-state index contributed by atoms with van der Waals surface area (Å²) >= 11 is 0. The van der Waals surface area contributed by atoms with E-state index in [1.165, 1.54) is 12.5 Å². The smallest absolute Gasteiger partial charge is 0.297 e. The van der Waals surface area contributed by atoms with E-state index in [4.69, 9.17) is 0 Å². The van der Waals surface area contributed by atoms with Crippen LogP contribution in [0.3, 0.4) is 0 Å². The Morgan fingerprint density at radius 1 is 0.844 bits per heavy atom. The van der Waals surface area contributed by atoms with E-state index in [0.717, 1.165) is 11.1 Å². The maximum atomic E-state index is 12.0. The van der Waals surface area contributed by atoms with Crippen molar-refractivity contribution in [2.45, 2.75) is 25.2 Å². The molecule has 0 radical (unpaired) electrons. The second-order valence-electron chi connectivity index (χ2n) is 7.10. The largest absolute Gasteiger partial charge is 0.505 e. The number of nitrogens with zero attached hydrogens (tertiary/aromatic N) is 2. The molecule has 0 saturated heterocycles. The average Bonchev–Trinajstić information content (AvgIpc) is 2.77. The van der Waals surface area contributed by atoms with E-state index in [9.17, 15) is 18.1 Å². The van der Waals surface area contributed by atoms with Crippen molar-refractivity contribution in [3.05, 3.63) is 66.7 Å². The molecule has 4 aromatic rings. The van der Waals surface area contributed by atoms with Crippen LogP contribution in [-0.4, -0.2) is 25.1 Å². The number of azo groups is 1. The number of hydrogen-bond acceptors (Lipinski definition) is 6. The van der Waals surface area contributed by atoms with Gasteiger partial charge in [-0.15, -0.1) is 10.2 Å². The minimum atomic E-state index is -4.55. The molecule has 4 aromatic carbocycles. The first-order valence-corrected chi connectivity index (χ1v) is 11.6. The molecule has 3 N–H and O–H groups in total. The molecule has 0 unspecified atom stereocenters. The maximum absolute atomic E-state index is 12.0. The lowest BCUT2D eigenvalue weighted by Crippen LogP contribution is -1.99. The molecule has 0 heterocycles. The zero-order chi connectivity index (χ0) is 23.3. The number of aromatic hydroxyl groups is 1. The molecular formula is C24H25N3O4S. The summed E-state index contributed by atoms with van der Waals surface area (Å²) in [6.45, 7) is 4.25. The van der Waals surface area contributed by atoms with Crippen LogP contribution in [0.5, 0.6) is 5.75 Å². The molecule has 4 rings (SSSR count). The van der Waals surface area contributed by atoms with Crippen molar-refractivity contribution in [2.75, 3.05) is 12.4 Å². The number of benzene rings is 4. The molecule has 0 fully saturated rings. The monoisotopic (exact) mass is 451 g/mol. The molecule has 0 aliphatic heterocycles. The predicted molar refractivity (Wildman–Crippen MR) is 129 cm³/mol. The zero-order valence-electron chi connectivity index (χ0n) is 18.1. The van der Waals surface area contributed by atoms with Gasteiger partial charge in [0.05, 0.1) is 0 Å². The molecule has 0 aromatic heterocycles. The molecule has 166 valence electrons. The van der Waals surface area contributed by atoms with Gasteiger partial charge >= 0.3 is 0 Å². The van der Waals surface area contributed by atoms with Gasteiger partial charge < -0.3 is 10.4 Å². The standard InChI is InChI=1S/C21H17N3O4S.C3H8/c1-22-16-8-4-6-14-10-11-17(20(25)19(14)16)23-24-18-12-9-13-5-2-3-7-15(13)21(18)29(26,27)28;1-3-2/h2-12,22,25H,1H3,(H,26,27,28);3H2,1-2H3. The van der Waals surface area contributed by atoms with Gasteiger partial charge in [0.2, 0.25) is 0 Å². The molecule has 0 aliphatic carbocycles. The number of hydrogen-bond donors (Lipinski definition) is 3. The second-order valence-corrected chi connectivity index (χ2v) is 8.46. The first-order chi connectivity index (χ1) is 15.3. The molecule has 0 amide bonds. The van der Waals surface area contributed by atoms with E-state index in [-0.39, 0.29) is 22.0 Å². The van der Waals surface area contributed by atoms with Crippen molar-refractivity contribution in [2.24, 2.45) is 10.2 Å². The predicted octanol–water partition coefficient (Wildman–Crippen LogP) is 6.82. The van der Waals surface area contributed by atoms with Crippen molar-refractivity contribution in [3.63, 3.8) is 0 Å². The quantitative estimate of drug-likeness (QED) is 0.233.